The first-order chi connectivity index (χ1) is 9.60. The molecule has 2 rings (SSSR count). The minimum absolute atomic E-state index is 0.0505. The summed E-state index contributed by atoms with van der Waals surface area (Å²) in [7, 11) is 1.23. The summed E-state index contributed by atoms with van der Waals surface area (Å²) < 4.78 is 19.4. The van der Waals surface area contributed by atoms with E-state index in [0.717, 1.165) is 14.8 Å². The fraction of sp³-hybridized carbons (Fsp3) is 0.133. The van der Waals surface area contributed by atoms with E-state index in [-0.39, 0.29) is 5.56 Å². The summed E-state index contributed by atoms with van der Waals surface area (Å²) in [6, 6.07) is 12.4. The second-order valence-electron chi connectivity index (χ2n) is 4.17. The first kappa shape index (κ1) is 14.8. The third-order valence-corrected chi connectivity index (χ3v) is 3.43. The van der Waals surface area contributed by atoms with Crippen LogP contribution in [0.1, 0.15) is 15.9 Å². The lowest BCUT2D eigenvalue weighted by atomic mass is 10.1. The number of esters is 1. The molecule has 0 bridgehead atoms. The van der Waals surface area contributed by atoms with E-state index in [0.29, 0.717) is 6.54 Å². The van der Waals surface area contributed by atoms with E-state index in [1.165, 1.54) is 19.2 Å². The van der Waals surface area contributed by atoms with Crippen molar-refractivity contribution in [3.63, 3.8) is 0 Å². The summed E-state index contributed by atoms with van der Waals surface area (Å²) in [5.74, 6) is -1.24. The lowest BCUT2D eigenvalue weighted by molar-refractivity contribution is 0.0595. The van der Waals surface area contributed by atoms with Gasteiger partial charge in [-0.05, 0) is 58.5 Å². The fourth-order valence-electron chi connectivity index (χ4n) is 1.75. The molecule has 0 heterocycles. The van der Waals surface area contributed by atoms with Crippen LogP contribution in [0.4, 0.5) is 10.1 Å². The van der Waals surface area contributed by atoms with Gasteiger partial charge in [0.15, 0.2) is 0 Å². The smallest absolute Gasteiger partial charge is 0.340 e. The van der Waals surface area contributed by atoms with Crippen LogP contribution in [0.3, 0.4) is 0 Å². The second-order valence-corrected chi connectivity index (χ2v) is 5.42. The van der Waals surface area contributed by atoms with Gasteiger partial charge < -0.3 is 10.1 Å². The van der Waals surface area contributed by atoms with Crippen LogP contribution in [0, 0.1) is 9.39 Å². The molecule has 0 radical (unpaired) electrons. The van der Waals surface area contributed by atoms with E-state index in [2.05, 4.69) is 32.6 Å². The number of carbonyl (C=O) groups is 1. The summed E-state index contributed by atoms with van der Waals surface area (Å²) in [6.07, 6.45) is 0. The number of methoxy groups -OCH3 is 1. The highest BCUT2D eigenvalue weighted by Crippen LogP contribution is 2.15. The molecular formula is C15H13FINO2. The molecule has 0 aliphatic heterocycles. The predicted octanol–water partition coefficient (Wildman–Crippen LogP) is 3.83. The summed E-state index contributed by atoms with van der Waals surface area (Å²) >= 11 is 2.23. The highest BCUT2D eigenvalue weighted by molar-refractivity contribution is 14.1. The monoisotopic (exact) mass is 385 g/mol. The van der Waals surface area contributed by atoms with E-state index in [1.54, 1.807) is 6.07 Å². The van der Waals surface area contributed by atoms with Crippen molar-refractivity contribution in [2.45, 2.75) is 6.54 Å². The number of anilines is 1. The molecule has 0 fully saturated rings. The van der Waals surface area contributed by atoms with Gasteiger partial charge in [-0.15, -0.1) is 0 Å². The van der Waals surface area contributed by atoms with Crippen molar-refractivity contribution >= 4 is 34.2 Å². The number of halogens is 2. The molecular weight excluding hydrogens is 372 g/mol. The van der Waals surface area contributed by atoms with Gasteiger partial charge in [0.05, 0.1) is 12.7 Å². The Kier molecular flexibility index (Phi) is 4.94. The maximum absolute atomic E-state index is 13.7. The summed E-state index contributed by atoms with van der Waals surface area (Å²) in [6.45, 7) is 0.485. The average Bonchev–Trinajstić information content (AvgIpc) is 2.44. The molecule has 104 valence electrons. The van der Waals surface area contributed by atoms with Gasteiger partial charge in [0.25, 0.3) is 0 Å². The zero-order chi connectivity index (χ0) is 14.5. The van der Waals surface area contributed by atoms with Crippen LogP contribution in [0.5, 0.6) is 0 Å². The number of carbonyl (C=O) groups excluding carboxylic acids is 1. The van der Waals surface area contributed by atoms with E-state index in [9.17, 15) is 9.18 Å². The molecule has 0 aliphatic rings. The molecule has 0 amide bonds. The van der Waals surface area contributed by atoms with E-state index in [4.69, 9.17) is 0 Å². The topological polar surface area (TPSA) is 38.3 Å². The Morgan fingerprint density at radius 3 is 2.75 bits per heavy atom. The van der Waals surface area contributed by atoms with Crippen LogP contribution in [0.15, 0.2) is 42.5 Å². The molecule has 5 heteroatoms. The summed E-state index contributed by atoms with van der Waals surface area (Å²) in [4.78, 5) is 11.3. The maximum Gasteiger partial charge on any atom is 0.340 e. The Hall–Kier alpha value is -1.63. The minimum Gasteiger partial charge on any atom is -0.465 e. The standard InChI is InChI=1S/C15H13FINO2/c1-20-15(19)13-6-5-10(7-14(13)16)9-18-12-4-2-3-11(17)8-12/h2-8,18H,9H2,1H3. The van der Waals surface area contributed by atoms with Gasteiger partial charge in [-0.1, -0.05) is 12.1 Å². The van der Waals surface area contributed by atoms with Crippen molar-refractivity contribution in [3.8, 4) is 0 Å². The van der Waals surface area contributed by atoms with E-state index in [1.807, 2.05) is 24.3 Å². The van der Waals surface area contributed by atoms with E-state index >= 15 is 0 Å². The molecule has 0 saturated heterocycles. The molecule has 1 N–H and O–H groups in total. The maximum atomic E-state index is 13.7. The number of benzene rings is 2. The van der Waals surface area contributed by atoms with Gasteiger partial charge in [0.2, 0.25) is 0 Å². The van der Waals surface area contributed by atoms with E-state index < -0.39 is 11.8 Å². The van der Waals surface area contributed by atoms with Crippen molar-refractivity contribution in [1.82, 2.24) is 0 Å². The van der Waals surface area contributed by atoms with Crippen LogP contribution in [-0.4, -0.2) is 13.1 Å². The molecule has 2 aromatic carbocycles. The zero-order valence-electron chi connectivity index (χ0n) is 10.8. The average molecular weight is 385 g/mol. The van der Waals surface area contributed by atoms with Crippen LogP contribution in [-0.2, 0) is 11.3 Å². The summed E-state index contributed by atoms with van der Waals surface area (Å²) in [5.41, 5.74) is 1.67. The molecule has 0 unspecified atom stereocenters. The van der Waals surface area contributed by atoms with Crippen LogP contribution in [0.2, 0.25) is 0 Å². The van der Waals surface area contributed by atoms with Gasteiger partial charge in [-0.2, -0.15) is 0 Å². The number of nitrogens with one attached hydrogen (secondary N) is 1. The number of rotatable bonds is 4. The highest BCUT2D eigenvalue weighted by Gasteiger charge is 2.12. The normalized spacial score (nSPS) is 10.2. The molecule has 0 saturated carbocycles. The number of ether oxygens (including phenoxy) is 1. The Labute approximate surface area is 130 Å². The number of hydrogen-bond acceptors (Lipinski definition) is 3. The molecule has 0 spiro atoms. The first-order valence-corrected chi connectivity index (χ1v) is 7.04. The lowest BCUT2D eigenvalue weighted by Gasteiger charge is -2.08. The third kappa shape index (κ3) is 3.69. The Morgan fingerprint density at radius 2 is 2.10 bits per heavy atom. The fourth-order valence-corrected chi connectivity index (χ4v) is 2.29. The molecule has 3 nitrogen and oxygen atoms in total. The van der Waals surface area contributed by atoms with Gasteiger partial charge >= 0.3 is 5.97 Å². The molecule has 0 aliphatic carbocycles. The zero-order valence-corrected chi connectivity index (χ0v) is 13.0. The Bertz CT molecular complexity index is 631. The third-order valence-electron chi connectivity index (χ3n) is 2.76. The summed E-state index contributed by atoms with van der Waals surface area (Å²) in [5, 5.41) is 3.20. The van der Waals surface area contributed by atoms with Gasteiger partial charge in [0, 0.05) is 15.8 Å². The molecule has 0 aromatic heterocycles. The number of hydrogen-bond donors (Lipinski definition) is 1. The molecule has 20 heavy (non-hydrogen) atoms. The van der Waals surface area contributed by atoms with Crippen molar-refractivity contribution in [2.24, 2.45) is 0 Å². The van der Waals surface area contributed by atoms with Crippen molar-refractivity contribution < 1.29 is 13.9 Å². The largest absolute Gasteiger partial charge is 0.465 e. The van der Waals surface area contributed by atoms with Crippen LogP contribution in [0.25, 0.3) is 0 Å². The van der Waals surface area contributed by atoms with Crippen molar-refractivity contribution in [2.75, 3.05) is 12.4 Å². The Morgan fingerprint density at radius 1 is 1.30 bits per heavy atom. The Balaban J connectivity index is 2.07. The quantitative estimate of drug-likeness (QED) is 0.642. The van der Waals surface area contributed by atoms with Crippen LogP contribution >= 0.6 is 22.6 Å². The molecule has 2 aromatic rings. The van der Waals surface area contributed by atoms with Gasteiger partial charge in [0.1, 0.15) is 5.82 Å². The van der Waals surface area contributed by atoms with Crippen molar-refractivity contribution in [3.05, 3.63) is 63.0 Å². The predicted molar refractivity (Wildman–Crippen MR) is 84.2 cm³/mol. The van der Waals surface area contributed by atoms with Crippen LogP contribution < -0.4 is 5.32 Å². The van der Waals surface area contributed by atoms with Crippen molar-refractivity contribution in [1.29, 1.82) is 0 Å². The first-order valence-electron chi connectivity index (χ1n) is 5.96. The minimum atomic E-state index is -0.667. The highest BCUT2D eigenvalue weighted by atomic mass is 127. The van der Waals surface area contributed by atoms with Gasteiger partial charge in [-0.25, -0.2) is 9.18 Å². The lowest BCUT2D eigenvalue weighted by Crippen LogP contribution is -2.06. The SMILES string of the molecule is COC(=O)c1ccc(CNc2cccc(I)c2)cc1F. The van der Waals surface area contributed by atoms with Gasteiger partial charge in [-0.3, -0.25) is 0 Å². The molecule has 0 atom stereocenters. The second kappa shape index (κ2) is 6.69.